The van der Waals surface area contributed by atoms with E-state index in [2.05, 4.69) is 21.9 Å². The minimum atomic E-state index is -0.709. The highest BCUT2D eigenvalue weighted by Gasteiger charge is 2.36. The first-order chi connectivity index (χ1) is 9.10. The number of aliphatic hydroxyl groups is 2. The molecule has 0 aliphatic carbocycles. The van der Waals surface area contributed by atoms with Gasteiger partial charge in [0.2, 0.25) is 0 Å². The molecule has 3 heterocycles. The van der Waals surface area contributed by atoms with Crippen LogP contribution in [-0.2, 0) is 4.74 Å². The summed E-state index contributed by atoms with van der Waals surface area (Å²) in [6.45, 7) is 3.59. The lowest BCUT2D eigenvalue weighted by molar-refractivity contribution is -0.0438. The second-order valence-corrected chi connectivity index (χ2v) is 4.54. The molecular weight excluding hydrogens is 250 g/mol. The monoisotopic (exact) mass is 265 g/mol. The van der Waals surface area contributed by atoms with Gasteiger partial charge in [0, 0.05) is 6.42 Å². The highest BCUT2D eigenvalue weighted by Crippen LogP contribution is 2.35. The normalized spacial score (nSPS) is 29.9. The summed E-state index contributed by atoms with van der Waals surface area (Å²) in [7, 11) is 0. The Hall–Kier alpha value is -1.90. The van der Waals surface area contributed by atoms with Crippen LogP contribution in [-0.4, -0.2) is 44.5 Å². The molecule has 3 rings (SSSR count). The third-order valence-electron chi connectivity index (χ3n) is 3.25. The molecule has 5 N–H and O–H groups in total. The van der Waals surface area contributed by atoms with E-state index >= 15 is 0 Å². The molecule has 1 unspecified atom stereocenters. The average Bonchev–Trinajstić information content (AvgIpc) is 2.92. The molecule has 1 aromatic heterocycles. The van der Waals surface area contributed by atoms with E-state index < -0.39 is 18.4 Å². The Morgan fingerprint density at radius 2 is 2.42 bits per heavy atom. The van der Waals surface area contributed by atoms with Crippen LogP contribution < -0.4 is 11.1 Å². The lowest BCUT2D eigenvalue weighted by atomic mass is 10.2. The van der Waals surface area contributed by atoms with E-state index in [4.69, 9.17) is 15.6 Å². The summed E-state index contributed by atoms with van der Waals surface area (Å²) in [6.07, 6.45) is 0.208. The number of fused-ring (bicyclic) bond motifs is 1. The number of hydrogen-bond donors (Lipinski definition) is 4. The Balaban J connectivity index is 1.94. The van der Waals surface area contributed by atoms with Gasteiger partial charge < -0.3 is 26.0 Å². The van der Waals surface area contributed by atoms with Crippen LogP contribution in [0.2, 0.25) is 0 Å². The maximum atomic E-state index is 9.76. The van der Waals surface area contributed by atoms with Crippen LogP contribution in [0.3, 0.4) is 0 Å². The first-order valence-corrected chi connectivity index (χ1v) is 5.92. The molecule has 19 heavy (non-hydrogen) atoms. The molecule has 2 aliphatic heterocycles. The Morgan fingerprint density at radius 3 is 3.11 bits per heavy atom. The fourth-order valence-electron chi connectivity index (χ4n) is 2.30. The van der Waals surface area contributed by atoms with Gasteiger partial charge in [0.1, 0.15) is 18.0 Å². The lowest BCUT2D eigenvalue weighted by Crippen LogP contribution is -2.32. The van der Waals surface area contributed by atoms with Crippen molar-refractivity contribution >= 4 is 17.5 Å². The molecule has 3 atom stereocenters. The van der Waals surface area contributed by atoms with Crippen molar-refractivity contribution in [3.8, 4) is 0 Å². The van der Waals surface area contributed by atoms with Gasteiger partial charge in [0.25, 0.3) is 0 Å². The molecule has 0 bridgehead atoms. The predicted octanol–water partition coefficient (Wildman–Crippen LogP) is -0.956. The number of nitrogens with one attached hydrogen (secondary N) is 1. The van der Waals surface area contributed by atoms with Crippen molar-refractivity contribution in [3.63, 3.8) is 0 Å². The lowest BCUT2D eigenvalue weighted by Gasteiger charge is -2.18. The zero-order chi connectivity index (χ0) is 13.6. The first kappa shape index (κ1) is 12.2. The molecule has 0 amide bonds. The zero-order valence-electron chi connectivity index (χ0n) is 10.2. The van der Waals surface area contributed by atoms with Gasteiger partial charge in [-0.15, -0.1) is 0 Å². The zero-order valence-corrected chi connectivity index (χ0v) is 10.2. The van der Waals surface area contributed by atoms with E-state index in [1.54, 1.807) is 10.9 Å². The maximum absolute atomic E-state index is 9.76. The third kappa shape index (κ3) is 1.89. The van der Waals surface area contributed by atoms with Crippen molar-refractivity contribution in [3.05, 3.63) is 18.6 Å². The van der Waals surface area contributed by atoms with Gasteiger partial charge in [0.15, 0.2) is 11.8 Å². The Bertz CT molecular complexity index is 553. The molecule has 2 aliphatic rings. The summed E-state index contributed by atoms with van der Waals surface area (Å²) in [5.74, 6) is 0.772. The van der Waals surface area contributed by atoms with Crippen LogP contribution in [0.15, 0.2) is 17.9 Å². The van der Waals surface area contributed by atoms with E-state index in [0.717, 1.165) is 0 Å². The number of imidazole rings is 1. The Kier molecular flexibility index (Phi) is 2.77. The number of hydrogen-bond acceptors (Lipinski definition) is 7. The van der Waals surface area contributed by atoms with Crippen LogP contribution in [0.5, 0.6) is 0 Å². The predicted molar refractivity (Wildman–Crippen MR) is 67.3 cm³/mol. The van der Waals surface area contributed by atoms with Crippen LogP contribution in [0, 0.1) is 0 Å². The third-order valence-corrected chi connectivity index (χ3v) is 3.25. The van der Waals surface area contributed by atoms with E-state index in [1.807, 2.05) is 0 Å². The van der Waals surface area contributed by atoms with E-state index in [0.29, 0.717) is 23.6 Å². The standard InChI is InChI=1S/C11H15N5O3/c1-5-9-10(15-11(12)14-5)16(4-13-9)8-2-6(18)7(3-17)19-8/h4,6-8,17-18H,1-3H2,(H3,12,14,15)/t6?,7-,8-/m1/s1. The number of nitrogens with two attached hydrogens (primary N) is 1. The van der Waals surface area contributed by atoms with Crippen LogP contribution in [0.1, 0.15) is 18.3 Å². The molecule has 1 fully saturated rings. The highest BCUT2D eigenvalue weighted by atomic mass is 16.5. The minimum Gasteiger partial charge on any atom is -0.394 e. The molecule has 0 radical (unpaired) electrons. The summed E-state index contributed by atoms with van der Waals surface area (Å²) in [6, 6.07) is 0. The fraction of sp³-hybridized carbons (Fsp3) is 0.455. The highest BCUT2D eigenvalue weighted by molar-refractivity contribution is 5.93. The van der Waals surface area contributed by atoms with Gasteiger partial charge in [-0.1, -0.05) is 6.58 Å². The molecule has 102 valence electrons. The number of ether oxygens (including phenoxy) is 1. The topological polar surface area (TPSA) is 118 Å². The van der Waals surface area contributed by atoms with Gasteiger partial charge in [-0.3, -0.25) is 4.57 Å². The smallest absolute Gasteiger partial charge is 0.199 e. The largest absolute Gasteiger partial charge is 0.394 e. The molecule has 0 spiro atoms. The molecule has 8 nitrogen and oxygen atoms in total. The van der Waals surface area contributed by atoms with Crippen molar-refractivity contribution in [2.75, 3.05) is 6.61 Å². The summed E-state index contributed by atoms with van der Waals surface area (Å²) in [5, 5.41) is 21.6. The van der Waals surface area contributed by atoms with E-state index in [9.17, 15) is 5.11 Å². The molecule has 0 saturated carbocycles. The number of rotatable bonds is 2. The number of aliphatic imine (C=N–C) groups is 1. The van der Waals surface area contributed by atoms with Crippen LogP contribution in [0.4, 0.5) is 5.82 Å². The molecule has 0 aromatic carbocycles. The number of nitrogens with zero attached hydrogens (tertiary/aromatic N) is 3. The van der Waals surface area contributed by atoms with Crippen molar-refractivity contribution in [1.82, 2.24) is 14.9 Å². The van der Waals surface area contributed by atoms with Gasteiger partial charge in [-0.05, 0) is 0 Å². The van der Waals surface area contributed by atoms with E-state index in [1.165, 1.54) is 0 Å². The summed E-state index contributed by atoms with van der Waals surface area (Å²) >= 11 is 0. The summed E-state index contributed by atoms with van der Waals surface area (Å²) in [5.41, 5.74) is 6.82. The second kappa shape index (κ2) is 4.34. The quantitative estimate of drug-likeness (QED) is 0.547. The number of aliphatic hydroxyl groups excluding tert-OH is 2. The Morgan fingerprint density at radius 1 is 1.63 bits per heavy atom. The minimum absolute atomic E-state index is 0.228. The van der Waals surface area contributed by atoms with Crippen molar-refractivity contribution in [2.24, 2.45) is 10.7 Å². The van der Waals surface area contributed by atoms with Crippen molar-refractivity contribution in [1.29, 1.82) is 0 Å². The van der Waals surface area contributed by atoms with Crippen LogP contribution in [0.25, 0.3) is 5.70 Å². The van der Waals surface area contributed by atoms with Gasteiger partial charge >= 0.3 is 0 Å². The summed E-state index contributed by atoms with van der Waals surface area (Å²) < 4.78 is 7.25. The molecule has 8 heteroatoms. The Labute approximate surface area is 109 Å². The number of guanidine groups is 1. The fourth-order valence-corrected chi connectivity index (χ4v) is 2.30. The average molecular weight is 265 g/mol. The van der Waals surface area contributed by atoms with Gasteiger partial charge in [0.05, 0.1) is 24.7 Å². The maximum Gasteiger partial charge on any atom is 0.199 e. The second-order valence-electron chi connectivity index (χ2n) is 4.54. The molecule has 1 saturated heterocycles. The van der Waals surface area contributed by atoms with Crippen molar-refractivity contribution in [2.45, 2.75) is 24.9 Å². The SMILES string of the molecule is C=C1NC(N)=Nc2c1ncn2[C@H]1CC(O)[C@@H](CO)O1. The number of aromatic nitrogens is 2. The summed E-state index contributed by atoms with van der Waals surface area (Å²) in [4.78, 5) is 8.38. The first-order valence-electron chi connectivity index (χ1n) is 5.92. The van der Waals surface area contributed by atoms with Crippen molar-refractivity contribution < 1.29 is 14.9 Å². The molecular formula is C11H15N5O3. The van der Waals surface area contributed by atoms with Gasteiger partial charge in [-0.25, -0.2) is 4.98 Å². The van der Waals surface area contributed by atoms with Crippen LogP contribution >= 0.6 is 0 Å². The van der Waals surface area contributed by atoms with E-state index in [-0.39, 0.29) is 12.6 Å². The van der Waals surface area contributed by atoms with Gasteiger partial charge in [-0.2, -0.15) is 4.99 Å². The molecule has 1 aromatic rings.